The lowest BCUT2D eigenvalue weighted by Crippen LogP contribution is -2.44. The highest BCUT2D eigenvalue weighted by Crippen LogP contribution is 2.21. The van der Waals surface area contributed by atoms with Gasteiger partial charge in [0.15, 0.2) is 5.11 Å². The summed E-state index contributed by atoms with van der Waals surface area (Å²) in [6, 6.07) is 6.16. The van der Waals surface area contributed by atoms with Crippen LogP contribution in [0, 0.1) is 13.8 Å². The highest BCUT2D eigenvalue weighted by Gasteiger charge is 2.22. The first-order valence-corrected chi connectivity index (χ1v) is 10.7. The van der Waals surface area contributed by atoms with Crippen molar-refractivity contribution in [3.05, 3.63) is 45.2 Å². The fraction of sp³-hybridized carbons (Fsp3) is 0.545. The number of aryl methyl sites for hydroxylation is 2. The maximum atomic E-state index is 12.8. The van der Waals surface area contributed by atoms with Gasteiger partial charge in [-0.15, -0.1) is 0 Å². The molecule has 1 aliphatic heterocycles. The van der Waals surface area contributed by atoms with E-state index in [2.05, 4.69) is 35.1 Å². The number of aromatic amines is 1. The lowest BCUT2D eigenvalue weighted by Gasteiger charge is -2.28. The van der Waals surface area contributed by atoms with Crippen LogP contribution in [0.4, 0.5) is 0 Å². The highest BCUT2D eigenvalue weighted by molar-refractivity contribution is 7.80. The van der Waals surface area contributed by atoms with Crippen molar-refractivity contribution in [3.63, 3.8) is 0 Å². The molecule has 28 heavy (non-hydrogen) atoms. The molecule has 1 fully saturated rings. The zero-order valence-electron chi connectivity index (χ0n) is 17.1. The molecule has 1 saturated heterocycles. The summed E-state index contributed by atoms with van der Waals surface area (Å²) in [6.45, 7) is 9.11. The number of nitrogens with one attached hydrogen (secondary N) is 2. The number of ether oxygens (including phenoxy) is 1. The smallest absolute Gasteiger partial charge is 0.253 e. The molecule has 0 radical (unpaired) electrons. The molecule has 3 rings (SSSR count). The summed E-state index contributed by atoms with van der Waals surface area (Å²) in [5.74, 6) is 0. The predicted octanol–water partition coefficient (Wildman–Crippen LogP) is 3.80. The minimum absolute atomic E-state index is 0.0464. The normalized spacial score (nSPS) is 16.5. The van der Waals surface area contributed by atoms with E-state index in [9.17, 15) is 4.79 Å². The summed E-state index contributed by atoms with van der Waals surface area (Å²) in [5.41, 5.74) is 3.85. The van der Waals surface area contributed by atoms with Gasteiger partial charge in [0.25, 0.3) is 5.56 Å². The molecule has 1 atom stereocenters. The van der Waals surface area contributed by atoms with Crippen molar-refractivity contribution in [2.45, 2.75) is 59.1 Å². The number of thiocarbonyl (C=S) groups is 1. The lowest BCUT2D eigenvalue weighted by atomic mass is 10.0. The van der Waals surface area contributed by atoms with Crippen molar-refractivity contribution in [1.82, 2.24) is 15.2 Å². The molecule has 6 heteroatoms. The standard InChI is InChI=1S/C22H31N3O2S/c1-4-5-10-23-22(28)25(14-18-7-6-11-27-18)13-17-12-19-15(2)8-9-16(3)20(19)24-21(17)26/h8-9,12,18H,4-7,10-11,13-14H2,1-3H3,(H,23,28)(H,24,26). The van der Waals surface area contributed by atoms with Crippen molar-refractivity contribution >= 4 is 28.2 Å². The Morgan fingerprint density at radius 2 is 2.14 bits per heavy atom. The van der Waals surface area contributed by atoms with Gasteiger partial charge in [0, 0.05) is 30.6 Å². The Bertz CT molecular complexity index is 887. The van der Waals surface area contributed by atoms with E-state index >= 15 is 0 Å². The number of pyridine rings is 1. The van der Waals surface area contributed by atoms with Crippen LogP contribution in [0.3, 0.4) is 0 Å². The van der Waals surface area contributed by atoms with Gasteiger partial charge in [-0.25, -0.2) is 0 Å². The first-order valence-electron chi connectivity index (χ1n) is 10.3. The number of aromatic nitrogens is 1. The van der Waals surface area contributed by atoms with Gasteiger partial charge in [-0.2, -0.15) is 0 Å². The average Bonchev–Trinajstić information content (AvgIpc) is 3.18. The second-order valence-corrected chi connectivity index (χ2v) is 8.10. The van der Waals surface area contributed by atoms with Crippen molar-refractivity contribution in [2.24, 2.45) is 0 Å². The molecule has 1 aromatic heterocycles. The second-order valence-electron chi connectivity index (χ2n) is 7.71. The van der Waals surface area contributed by atoms with Crippen LogP contribution in [0.25, 0.3) is 10.9 Å². The number of hydrogen-bond acceptors (Lipinski definition) is 3. The Kier molecular flexibility index (Phi) is 7.08. The monoisotopic (exact) mass is 401 g/mol. The maximum absolute atomic E-state index is 12.8. The minimum Gasteiger partial charge on any atom is -0.376 e. The van der Waals surface area contributed by atoms with Crippen LogP contribution in [0.5, 0.6) is 0 Å². The Labute approximate surface area is 172 Å². The van der Waals surface area contributed by atoms with Crippen molar-refractivity contribution in [2.75, 3.05) is 19.7 Å². The summed E-state index contributed by atoms with van der Waals surface area (Å²) in [4.78, 5) is 17.9. The Morgan fingerprint density at radius 1 is 1.36 bits per heavy atom. The largest absolute Gasteiger partial charge is 0.376 e. The van der Waals surface area contributed by atoms with E-state index < -0.39 is 0 Å². The molecule has 2 heterocycles. The molecule has 0 aliphatic carbocycles. The molecule has 0 bridgehead atoms. The van der Waals surface area contributed by atoms with Gasteiger partial charge in [-0.3, -0.25) is 4.79 Å². The molecule has 0 spiro atoms. The van der Waals surface area contributed by atoms with Gasteiger partial charge in [-0.1, -0.05) is 25.5 Å². The molecule has 1 aliphatic rings. The Hall–Kier alpha value is -1.92. The summed E-state index contributed by atoms with van der Waals surface area (Å²) in [7, 11) is 0. The second kappa shape index (κ2) is 9.52. The molecule has 0 saturated carbocycles. The quantitative estimate of drug-likeness (QED) is 0.546. The fourth-order valence-electron chi connectivity index (χ4n) is 3.68. The Balaban J connectivity index is 1.86. The molecule has 1 aromatic carbocycles. The minimum atomic E-state index is -0.0464. The van der Waals surface area contributed by atoms with Crippen LogP contribution >= 0.6 is 12.2 Å². The van der Waals surface area contributed by atoms with Gasteiger partial charge < -0.3 is 19.9 Å². The number of unbranched alkanes of at least 4 members (excludes halogenated alkanes) is 1. The molecule has 1 unspecified atom stereocenters. The van der Waals surface area contributed by atoms with Gasteiger partial charge in [0.05, 0.1) is 18.2 Å². The van der Waals surface area contributed by atoms with E-state index in [-0.39, 0.29) is 11.7 Å². The van der Waals surface area contributed by atoms with Crippen molar-refractivity contribution in [3.8, 4) is 0 Å². The zero-order valence-corrected chi connectivity index (χ0v) is 18.0. The van der Waals surface area contributed by atoms with Crippen molar-refractivity contribution in [1.29, 1.82) is 0 Å². The van der Waals surface area contributed by atoms with Crippen molar-refractivity contribution < 1.29 is 4.74 Å². The van der Waals surface area contributed by atoms with E-state index in [1.165, 1.54) is 0 Å². The third kappa shape index (κ3) is 4.92. The van der Waals surface area contributed by atoms with Crippen LogP contribution < -0.4 is 10.9 Å². The SMILES string of the molecule is CCCCNC(=S)N(Cc1cc2c(C)ccc(C)c2[nH]c1=O)CC1CCCO1. The van der Waals surface area contributed by atoms with Crippen LogP contribution in [0.15, 0.2) is 23.0 Å². The van der Waals surface area contributed by atoms with E-state index in [0.29, 0.717) is 18.2 Å². The maximum Gasteiger partial charge on any atom is 0.253 e. The van der Waals surface area contributed by atoms with Gasteiger partial charge in [0.1, 0.15) is 0 Å². The van der Waals surface area contributed by atoms with Crippen LogP contribution in [-0.2, 0) is 11.3 Å². The first kappa shape index (κ1) is 20.8. The van der Waals surface area contributed by atoms with E-state index in [0.717, 1.165) is 66.4 Å². The van der Waals surface area contributed by atoms with Crippen LogP contribution in [-0.4, -0.2) is 40.8 Å². The molecular weight excluding hydrogens is 370 g/mol. The predicted molar refractivity (Wildman–Crippen MR) is 119 cm³/mol. The average molecular weight is 402 g/mol. The van der Waals surface area contributed by atoms with Gasteiger partial charge in [-0.05, 0) is 62.5 Å². The molecule has 5 nitrogen and oxygen atoms in total. The number of benzene rings is 1. The molecule has 2 aromatic rings. The topological polar surface area (TPSA) is 57.4 Å². The summed E-state index contributed by atoms with van der Waals surface area (Å²) in [6.07, 6.45) is 4.49. The molecular formula is C22H31N3O2S. The third-order valence-electron chi connectivity index (χ3n) is 5.42. The highest BCUT2D eigenvalue weighted by atomic mass is 32.1. The van der Waals surface area contributed by atoms with Gasteiger partial charge >= 0.3 is 0 Å². The Morgan fingerprint density at radius 3 is 2.86 bits per heavy atom. The third-order valence-corrected chi connectivity index (χ3v) is 5.83. The number of H-pyrrole nitrogens is 1. The molecule has 2 N–H and O–H groups in total. The van der Waals surface area contributed by atoms with Crippen LogP contribution in [0.2, 0.25) is 0 Å². The van der Waals surface area contributed by atoms with Crippen LogP contribution in [0.1, 0.15) is 49.3 Å². The number of nitrogens with zero attached hydrogens (tertiary/aromatic N) is 1. The molecule has 0 amide bonds. The number of hydrogen-bond donors (Lipinski definition) is 2. The molecule has 152 valence electrons. The van der Waals surface area contributed by atoms with Gasteiger partial charge in [0.2, 0.25) is 0 Å². The lowest BCUT2D eigenvalue weighted by molar-refractivity contribution is 0.0897. The van der Waals surface area contributed by atoms with E-state index in [1.54, 1.807) is 0 Å². The van der Waals surface area contributed by atoms with E-state index in [1.807, 2.05) is 19.1 Å². The summed E-state index contributed by atoms with van der Waals surface area (Å²) >= 11 is 5.66. The summed E-state index contributed by atoms with van der Waals surface area (Å²) in [5, 5.41) is 5.14. The first-order chi connectivity index (χ1) is 13.5. The fourth-order valence-corrected chi connectivity index (χ4v) is 3.92. The number of fused-ring (bicyclic) bond motifs is 1. The summed E-state index contributed by atoms with van der Waals surface area (Å²) < 4.78 is 5.82. The zero-order chi connectivity index (χ0) is 20.1. The van der Waals surface area contributed by atoms with E-state index in [4.69, 9.17) is 17.0 Å². The number of rotatable bonds is 7.